The summed E-state index contributed by atoms with van der Waals surface area (Å²) in [4.78, 5) is 0. The molecule has 0 radical (unpaired) electrons. The first-order valence-electron chi connectivity index (χ1n) is 15.8. The van der Waals surface area contributed by atoms with E-state index in [1.807, 2.05) is 0 Å². The van der Waals surface area contributed by atoms with E-state index in [4.69, 9.17) is 0 Å². The standard InChI is InChI=1S/C43H30N2/c1-43(2)36-19-8-5-16-31(36)34-23-24-35-40-30-15-4-3-12-27(30)22-25-39(40)45(42(35)41(34)43)29-14-11-13-28(26-29)44-37-20-9-6-17-32(37)33-18-7-10-21-38(33)44/h3-26H,1-2H3. The first-order valence-corrected chi connectivity index (χ1v) is 15.8. The summed E-state index contributed by atoms with van der Waals surface area (Å²) in [5, 5.41) is 7.75. The molecular weight excluding hydrogens is 544 g/mol. The highest BCUT2D eigenvalue weighted by molar-refractivity contribution is 6.23. The summed E-state index contributed by atoms with van der Waals surface area (Å²) in [5.41, 5.74) is 12.7. The molecule has 7 aromatic carbocycles. The quantitative estimate of drug-likeness (QED) is 0.194. The molecule has 2 heterocycles. The number of benzene rings is 7. The van der Waals surface area contributed by atoms with Crippen molar-refractivity contribution in [1.82, 2.24) is 9.13 Å². The summed E-state index contributed by atoms with van der Waals surface area (Å²) < 4.78 is 4.96. The van der Waals surface area contributed by atoms with Crippen LogP contribution in [-0.2, 0) is 5.41 Å². The molecule has 1 aliphatic carbocycles. The molecule has 2 nitrogen and oxygen atoms in total. The van der Waals surface area contributed by atoms with Crippen LogP contribution in [0.4, 0.5) is 0 Å². The summed E-state index contributed by atoms with van der Waals surface area (Å²) in [6, 6.07) is 53.7. The van der Waals surface area contributed by atoms with Crippen LogP contribution < -0.4 is 0 Å². The van der Waals surface area contributed by atoms with Crippen LogP contribution in [0.25, 0.3) is 76.9 Å². The molecule has 0 aliphatic heterocycles. The fraction of sp³-hybridized carbons (Fsp3) is 0.0698. The lowest BCUT2D eigenvalue weighted by atomic mass is 9.81. The molecule has 45 heavy (non-hydrogen) atoms. The van der Waals surface area contributed by atoms with Crippen LogP contribution in [-0.4, -0.2) is 9.13 Å². The van der Waals surface area contributed by atoms with Crippen molar-refractivity contribution < 1.29 is 0 Å². The molecule has 0 amide bonds. The Morgan fingerprint density at radius 1 is 0.444 bits per heavy atom. The maximum absolute atomic E-state index is 2.54. The van der Waals surface area contributed by atoms with Crippen molar-refractivity contribution in [3.8, 4) is 22.5 Å². The number of hydrogen-bond donors (Lipinski definition) is 0. The molecule has 1 aliphatic rings. The van der Waals surface area contributed by atoms with Crippen LogP contribution in [0.15, 0.2) is 146 Å². The van der Waals surface area contributed by atoms with Gasteiger partial charge in [-0.05, 0) is 69.4 Å². The summed E-state index contributed by atoms with van der Waals surface area (Å²) in [6.07, 6.45) is 0. The molecule has 2 aromatic heterocycles. The van der Waals surface area contributed by atoms with E-state index < -0.39 is 0 Å². The highest BCUT2D eigenvalue weighted by atomic mass is 15.0. The topological polar surface area (TPSA) is 9.86 Å². The molecule has 9 aromatic rings. The fourth-order valence-electron chi connectivity index (χ4n) is 8.37. The van der Waals surface area contributed by atoms with E-state index in [9.17, 15) is 0 Å². The van der Waals surface area contributed by atoms with E-state index in [1.165, 1.54) is 82.3 Å². The predicted molar refractivity (Wildman–Crippen MR) is 190 cm³/mol. The van der Waals surface area contributed by atoms with Gasteiger partial charge in [-0.1, -0.05) is 123 Å². The van der Waals surface area contributed by atoms with Gasteiger partial charge in [-0.2, -0.15) is 0 Å². The van der Waals surface area contributed by atoms with Crippen LogP contribution >= 0.6 is 0 Å². The van der Waals surface area contributed by atoms with E-state index in [-0.39, 0.29) is 5.41 Å². The zero-order valence-corrected chi connectivity index (χ0v) is 25.3. The van der Waals surface area contributed by atoms with Crippen LogP contribution in [0.3, 0.4) is 0 Å². The SMILES string of the molecule is CC1(C)c2ccccc2-c2ccc3c4c5ccccc5ccc4n(-c4cccc(-n5c6ccccc6c6ccccc65)c4)c3c21. The molecule has 0 N–H and O–H groups in total. The summed E-state index contributed by atoms with van der Waals surface area (Å²) in [5.74, 6) is 0. The highest BCUT2D eigenvalue weighted by Gasteiger charge is 2.38. The van der Waals surface area contributed by atoms with Gasteiger partial charge in [0, 0.05) is 38.3 Å². The van der Waals surface area contributed by atoms with E-state index in [0.717, 1.165) is 5.69 Å². The second kappa shape index (κ2) is 8.74. The lowest BCUT2D eigenvalue weighted by Gasteiger charge is -2.24. The smallest absolute Gasteiger partial charge is 0.0588 e. The Balaban J connectivity index is 1.35. The number of aromatic nitrogens is 2. The van der Waals surface area contributed by atoms with E-state index in [2.05, 4.69) is 169 Å². The molecule has 0 spiro atoms. The van der Waals surface area contributed by atoms with Crippen LogP contribution in [0.2, 0.25) is 0 Å². The van der Waals surface area contributed by atoms with Gasteiger partial charge in [-0.3, -0.25) is 0 Å². The second-order valence-corrected chi connectivity index (χ2v) is 13.0. The zero-order valence-electron chi connectivity index (χ0n) is 25.3. The number of nitrogens with zero attached hydrogens (tertiary/aromatic N) is 2. The number of fused-ring (bicyclic) bond motifs is 12. The first-order chi connectivity index (χ1) is 22.1. The van der Waals surface area contributed by atoms with E-state index in [1.54, 1.807) is 0 Å². The average Bonchev–Trinajstić information content (AvgIpc) is 3.68. The molecule has 0 fully saturated rings. The Labute approximate surface area is 261 Å². The zero-order chi connectivity index (χ0) is 29.9. The molecule has 0 bridgehead atoms. The monoisotopic (exact) mass is 574 g/mol. The Hall–Kier alpha value is -5.60. The van der Waals surface area contributed by atoms with Gasteiger partial charge in [-0.25, -0.2) is 0 Å². The van der Waals surface area contributed by atoms with Gasteiger partial charge in [-0.15, -0.1) is 0 Å². The van der Waals surface area contributed by atoms with Gasteiger partial charge in [0.25, 0.3) is 0 Å². The van der Waals surface area contributed by atoms with Gasteiger partial charge in [0.1, 0.15) is 0 Å². The Morgan fingerprint density at radius 3 is 1.87 bits per heavy atom. The lowest BCUT2D eigenvalue weighted by Crippen LogP contribution is -2.16. The fourth-order valence-corrected chi connectivity index (χ4v) is 8.37. The van der Waals surface area contributed by atoms with Gasteiger partial charge >= 0.3 is 0 Å². The normalized spacial score (nSPS) is 13.7. The van der Waals surface area contributed by atoms with Crippen molar-refractivity contribution in [3.05, 3.63) is 157 Å². The van der Waals surface area contributed by atoms with Crippen LogP contribution in [0.5, 0.6) is 0 Å². The lowest BCUT2D eigenvalue weighted by molar-refractivity contribution is 0.664. The molecule has 2 heteroatoms. The Morgan fingerprint density at radius 2 is 1.09 bits per heavy atom. The molecular formula is C43H30N2. The third-order valence-corrected chi connectivity index (χ3v) is 10.3. The van der Waals surface area contributed by atoms with Crippen molar-refractivity contribution in [3.63, 3.8) is 0 Å². The summed E-state index contributed by atoms with van der Waals surface area (Å²) in [6.45, 7) is 4.79. The maximum Gasteiger partial charge on any atom is 0.0588 e. The Kier molecular flexibility index (Phi) is 4.82. The third-order valence-electron chi connectivity index (χ3n) is 10.3. The van der Waals surface area contributed by atoms with Crippen molar-refractivity contribution >= 4 is 54.4 Å². The summed E-state index contributed by atoms with van der Waals surface area (Å²) >= 11 is 0. The van der Waals surface area contributed by atoms with Crippen molar-refractivity contribution in [2.24, 2.45) is 0 Å². The van der Waals surface area contributed by atoms with Gasteiger partial charge in [0.05, 0.1) is 22.1 Å². The predicted octanol–water partition coefficient (Wildman–Crippen LogP) is 11.3. The number of para-hydroxylation sites is 2. The Bertz CT molecular complexity index is 2630. The molecule has 10 rings (SSSR count). The summed E-state index contributed by atoms with van der Waals surface area (Å²) in [7, 11) is 0. The first kappa shape index (κ1) is 24.8. The van der Waals surface area contributed by atoms with Crippen molar-refractivity contribution in [2.45, 2.75) is 19.3 Å². The molecule has 0 saturated heterocycles. The molecule has 212 valence electrons. The van der Waals surface area contributed by atoms with Crippen molar-refractivity contribution in [2.75, 3.05) is 0 Å². The van der Waals surface area contributed by atoms with Crippen LogP contribution in [0.1, 0.15) is 25.0 Å². The van der Waals surface area contributed by atoms with Crippen molar-refractivity contribution in [1.29, 1.82) is 0 Å². The molecule has 0 unspecified atom stereocenters. The minimum absolute atomic E-state index is 0.141. The van der Waals surface area contributed by atoms with Gasteiger partial charge in [0.15, 0.2) is 0 Å². The van der Waals surface area contributed by atoms with Crippen LogP contribution in [0, 0.1) is 0 Å². The number of hydrogen-bond acceptors (Lipinski definition) is 0. The third kappa shape index (κ3) is 3.18. The molecule has 0 saturated carbocycles. The number of rotatable bonds is 2. The largest absolute Gasteiger partial charge is 0.309 e. The average molecular weight is 575 g/mol. The highest BCUT2D eigenvalue weighted by Crippen LogP contribution is 2.53. The maximum atomic E-state index is 2.54. The molecule has 0 atom stereocenters. The minimum atomic E-state index is -0.141. The van der Waals surface area contributed by atoms with Gasteiger partial charge in [0.2, 0.25) is 0 Å². The second-order valence-electron chi connectivity index (χ2n) is 13.0. The van der Waals surface area contributed by atoms with Gasteiger partial charge < -0.3 is 9.13 Å². The van der Waals surface area contributed by atoms with E-state index in [0.29, 0.717) is 0 Å². The minimum Gasteiger partial charge on any atom is -0.309 e. The van der Waals surface area contributed by atoms with E-state index >= 15 is 0 Å².